The molecule has 0 amide bonds. The molecule has 3 heteroatoms. The molecule has 0 atom stereocenters. The maximum absolute atomic E-state index is 5.78. The highest BCUT2D eigenvalue weighted by molar-refractivity contribution is 5.49. The lowest BCUT2D eigenvalue weighted by Crippen LogP contribution is -2.09. The van der Waals surface area contributed by atoms with Crippen molar-refractivity contribution >= 4 is 5.69 Å². The van der Waals surface area contributed by atoms with Gasteiger partial charge in [-0.25, -0.2) is 0 Å². The van der Waals surface area contributed by atoms with Crippen molar-refractivity contribution in [2.24, 2.45) is 0 Å². The number of nitrogen functional groups attached to an aromatic ring is 1. The minimum atomic E-state index is 0.528. The highest BCUT2D eigenvalue weighted by atomic mass is 16.5. The van der Waals surface area contributed by atoms with E-state index in [1.54, 1.807) is 0 Å². The quantitative estimate of drug-likeness (QED) is 0.674. The molecule has 0 aliphatic heterocycles. The summed E-state index contributed by atoms with van der Waals surface area (Å²) in [5.41, 5.74) is 10.5. The number of rotatable bonds is 5. The molecule has 21 heavy (non-hydrogen) atoms. The smallest absolute Gasteiger partial charge is 0.122 e. The lowest BCUT2D eigenvalue weighted by atomic mass is 10.1. The van der Waals surface area contributed by atoms with E-state index in [9.17, 15) is 0 Å². The van der Waals surface area contributed by atoms with Crippen molar-refractivity contribution in [2.75, 3.05) is 18.9 Å². The Morgan fingerprint density at radius 1 is 0.905 bits per heavy atom. The average molecular weight is 283 g/mol. The van der Waals surface area contributed by atoms with Crippen LogP contribution in [0.25, 0.3) is 0 Å². The number of fused-ring (bicyclic) bond motifs is 1. The second-order valence-electron chi connectivity index (χ2n) is 5.50. The molecule has 0 bridgehead atoms. The summed E-state index contributed by atoms with van der Waals surface area (Å²) in [5, 5.41) is 0. The molecule has 0 radical (unpaired) electrons. The van der Waals surface area contributed by atoms with E-state index in [2.05, 4.69) is 18.2 Å². The van der Waals surface area contributed by atoms with Crippen LogP contribution in [0.1, 0.15) is 23.1 Å². The van der Waals surface area contributed by atoms with Crippen LogP contribution < -0.4 is 15.2 Å². The Morgan fingerprint density at radius 2 is 1.57 bits per heavy atom. The summed E-state index contributed by atoms with van der Waals surface area (Å²) < 4.78 is 11.4. The number of benzene rings is 2. The van der Waals surface area contributed by atoms with E-state index in [-0.39, 0.29) is 0 Å². The van der Waals surface area contributed by atoms with Gasteiger partial charge in [0.25, 0.3) is 0 Å². The summed E-state index contributed by atoms with van der Waals surface area (Å²) >= 11 is 0. The molecule has 110 valence electrons. The van der Waals surface area contributed by atoms with Gasteiger partial charge in [0.05, 0.1) is 0 Å². The first kappa shape index (κ1) is 13.8. The van der Waals surface area contributed by atoms with Gasteiger partial charge in [-0.15, -0.1) is 0 Å². The van der Waals surface area contributed by atoms with Crippen LogP contribution in [0.5, 0.6) is 11.5 Å². The van der Waals surface area contributed by atoms with E-state index in [0.717, 1.165) is 22.7 Å². The van der Waals surface area contributed by atoms with Crippen LogP contribution >= 0.6 is 0 Å². The molecule has 0 heterocycles. The van der Waals surface area contributed by atoms with Crippen molar-refractivity contribution in [3.8, 4) is 11.5 Å². The molecule has 2 aromatic carbocycles. The fourth-order valence-electron chi connectivity index (χ4n) is 2.69. The largest absolute Gasteiger partial charge is 0.490 e. The van der Waals surface area contributed by atoms with Crippen LogP contribution in [0.15, 0.2) is 36.4 Å². The summed E-state index contributed by atoms with van der Waals surface area (Å²) in [5.74, 6) is 1.77. The standard InChI is InChI=1S/C18H21NO2/c1-13-11-16(7-8-18(13)19)20-9-10-21-17-6-5-14-3-2-4-15(14)12-17/h5-8,11-12H,2-4,9-10,19H2,1H3. The third-order valence-corrected chi connectivity index (χ3v) is 3.93. The van der Waals surface area contributed by atoms with Crippen molar-refractivity contribution in [1.29, 1.82) is 0 Å². The Morgan fingerprint density at radius 3 is 2.33 bits per heavy atom. The minimum absolute atomic E-state index is 0.528. The maximum atomic E-state index is 5.78. The summed E-state index contributed by atoms with van der Waals surface area (Å²) in [6.07, 6.45) is 3.64. The fraction of sp³-hybridized carbons (Fsp3) is 0.333. The first-order valence-electron chi connectivity index (χ1n) is 7.46. The van der Waals surface area contributed by atoms with Gasteiger partial charge in [0.2, 0.25) is 0 Å². The van der Waals surface area contributed by atoms with Gasteiger partial charge in [-0.3, -0.25) is 0 Å². The maximum Gasteiger partial charge on any atom is 0.122 e. The van der Waals surface area contributed by atoms with E-state index in [1.807, 2.05) is 25.1 Å². The van der Waals surface area contributed by atoms with Crippen LogP contribution in [-0.2, 0) is 12.8 Å². The normalized spacial score (nSPS) is 13.0. The van der Waals surface area contributed by atoms with Gasteiger partial charge in [-0.05, 0) is 73.2 Å². The molecule has 0 saturated carbocycles. The fourth-order valence-corrected chi connectivity index (χ4v) is 2.69. The van der Waals surface area contributed by atoms with E-state index in [0.29, 0.717) is 13.2 Å². The van der Waals surface area contributed by atoms with Gasteiger partial charge in [0, 0.05) is 5.69 Å². The zero-order chi connectivity index (χ0) is 14.7. The Balaban J connectivity index is 1.49. The van der Waals surface area contributed by atoms with Crippen molar-refractivity contribution in [1.82, 2.24) is 0 Å². The topological polar surface area (TPSA) is 44.5 Å². The molecule has 0 saturated heterocycles. The van der Waals surface area contributed by atoms with Crippen molar-refractivity contribution < 1.29 is 9.47 Å². The molecule has 1 aliphatic rings. The third-order valence-electron chi connectivity index (χ3n) is 3.93. The molecule has 0 fully saturated rings. The van der Waals surface area contributed by atoms with Crippen molar-refractivity contribution in [3.05, 3.63) is 53.1 Å². The average Bonchev–Trinajstić information content (AvgIpc) is 2.95. The van der Waals surface area contributed by atoms with Crippen LogP contribution in [-0.4, -0.2) is 13.2 Å². The van der Waals surface area contributed by atoms with E-state index >= 15 is 0 Å². The Kier molecular flexibility index (Phi) is 4.00. The number of hydrogen-bond acceptors (Lipinski definition) is 3. The van der Waals surface area contributed by atoms with Gasteiger partial charge in [-0.2, -0.15) is 0 Å². The van der Waals surface area contributed by atoms with E-state index in [1.165, 1.54) is 30.4 Å². The number of anilines is 1. The molecule has 1 aliphatic carbocycles. The molecule has 0 aromatic heterocycles. The highest BCUT2D eigenvalue weighted by Gasteiger charge is 2.11. The Hall–Kier alpha value is -2.16. The molecule has 3 rings (SSSR count). The van der Waals surface area contributed by atoms with Gasteiger partial charge in [-0.1, -0.05) is 6.07 Å². The lowest BCUT2D eigenvalue weighted by molar-refractivity contribution is 0.217. The molecule has 3 nitrogen and oxygen atoms in total. The molecule has 0 spiro atoms. The third kappa shape index (κ3) is 3.30. The van der Waals surface area contributed by atoms with Crippen LogP contribution in [0.2, 0.25) is 0 Å². The molecule has 2 N–H and O–H groups in total. The second kappa shape index (κ2) is 6.08. The SMILES string of the molecule is Cc1cc(OCCOc2ccc3c(c2)CCC3)ccc1N. The predicted molar refractivity (Wildman–Crippen MR) is 85.0 cm³/mol. The lowest BCUT2D eigenvalue weighted by Gasteiger charge is -2.10. The number of hydrogen-bond donors (Lipinski definition) is 1. The Bertz CT molecular complexity index is 637. The van der Waals surface area contributed by atoms with Gasteiger partial charge in [0.15, 0.2) is 0 Å². The van der Waals surface area contributed by atoms with Crippen molar-refractivity contribution in [2.45, 2.75) is 26.2 Å². The predicted octanol–water partition coefficient (Wildman–Crippen LogP) is 3.52. The zero-order valence-electron chi connectivity index (χ0n) is 12.4. The van der Waals surface area contributed by atoms with Gasteiger partial charge < -0.3 is 15.2 Å². The summed E-state index contributed by atoms with van der Waals surface area (Å²) in [7, 11) is 0. The van der Waals surface area contributed by atoms with Crippen LogP contribution in [0.4, 0.5) is 5.69 Å². The first-order valence-corrected chi connectivity index (χ1v) is 7.46. The molecular formula is C18H21NO2. The number of nitrogens with two attached hydrogens (primary N) is 1. The zero-order valence-corrected chi connectivity index (χ0v) is 12.4. The van der Waals surface area contributed by atoms with Crippen LogP contribution in [0.3, 0.4) is 0 Å². The minimum Gasteiger partial charge on any atom is -0.490 e. The summed E-state index contributed by atoms with van der Waals surface area (Å²) in [6.45, 7) is 3.05. The highest BCUT2D eigenvalue weighted by Crippen LogP contribution is 2.26. The van der Waals surface area contributed by atoms with E-state index in [4.69, 9.17) is 15.2 Å². The van der Waals surface area contributed by atoms with Crippen LogP contribution in [0, 0.1) is 6.92 Å². The second-order valence-corrected chi connectivity index (χ2v) is 5.50. The number of aryl methyl sites for hydroxylation is 3. The molecule has 0 unspecified atom stereocenters. The molecular weight excluding hydrogens is 262 g/mol. The monoisotopic (exact) mass is 283 g/mol. The summed E-state index contributed by atoms with van der Waals surface area (Å²) in [6, 6.07) is 12.1. The number of ether oxygens (including phenoxy) is 2. The first-order chi connectivity index (χ1) is 10.2. The van der Waals surface area contributed by atoms with Gasteiger partial charge >= 0.3 is 0 Å². The van der Waals surface area contributed by atoms with Crippen molar-refractivity contribution in [3.63, 3.8) is 0 Å². The Labute approximate surface area is 125 Å². The molecule has 2 aromatic rings. The van der Waals surface area contributed by atoms with E-state index < -0.39 is 0 Å². The van der Waals surface area contributed by atoms with Gasteiger partial charge in [0.1, 0.15) is 24.7 Å². The summed E-state index contributed by atoms with van der Waals surface area (Å²) in [4.78, 5) is 0.